The van der Waals surface area contributed by atoms with Crippen molar-refractivity contribution >= 4 is 43.9 Å². The van der Waals surface area contributed by atoms with E-state index in [0.29, 0.717) is 16.7 Å². The van der Waals surface area contributed by atoms with Crippen molar-refractivity contribution in [2.45, 2.75) is 0 Å². The van der Waals surface area contributed by atoms with E-state index in [0.717, 1.165) is 71.7 Å². The lowest BCUT2D eigenvalue weighted by Gasteiger charge is -2.14. The fourth-order valence-electron chi connectivity index (χ4n) is 6.07. The van der Waals surface area contributed by atoms with E-state index in [4.69, 9.17) is 8.83 Å². The van der Waals surface area contributed by atoms with Gasteiger partial charge in [0.2, 0.25) is 0 Å². The molecule has 0 N–H and O–H groups in total. The van der Waals surface area contributed by atoms with Gasteiger partial charge >= 0.3 is 0 Å². The van der Waals surface area contributed by atoms with Crippen molar-refractivity contribution in [3.63, 3.8) is 0 Å². The summed E-state index contributed by atoms with van der Waals surface area (Å²) in [6.45, 7) is 0. The Morgan fingerprint density at radius 2 is 0.929 bits per heavy atom. The van der Waals surface area contributed by atoms with E-state index in [9.17, 15) is 10.5 Å². The van der Waals surface area contributed by atoms with E-state index in [1.54, 1.807) is 18.2 Å². The van der Waals surface area contributed by atoms with E-state index in [2.05, 4.69) is 54.6 Å². The number of nitriles is 2. The zero-order valence-electron chi connectivity index (χ0n) is 22.3. The number of fused-ring (bicyclic) bond motifs is 6. The van der Waals surface area contributed by atoms with Gasteiger partial charge in [0, 0.05) is 27.1 Å². The van der Waals surface area contributed by atoms with Gasteiger partial charge in [-0.2, -0.15) is 10.5 Å². The van der Waals surface area contributed by atoms with Crippen molar-refractivity contribution in [1.29, 1.82) is 10.5 Å². The SMILES string of the molecule is N#Cc1ccc(C#N)c(-c2cc(-c3cccc4oc5ccccc5c34)cc(-c3cccc4oc5ccccc5c34)c2)c1. The lowest BCUT2D eigenvalue weighted by molar-refractivity contribution is 0.668. The molecular formula is C38H20N2O2. The van der Waals surface area contributed by atoms with Crippen molar-refractivity contribution in [3.05, 3.63) is 132 Å². The van der Waals surface area contributed by atoms with Crippen molar-refractivity contribution in [1.82, 2.24) is 0 Å². The van der Waals surface area contributed by atoms with Crippen LogP contribution >= 0.6 is 0 Å². The van der Waals surface area contributed by atoms with Crippen LogP contribution in [0.3, 0.4) is 0 Å². The topological polar surface area (TPSA) is 73.9 Å². The first kappa shape index (κ1) is 23.8. The summed E-state index contributed by atoms with van der Waals surface area (Å²) < 4.78 is 12.4. The third-order valence-electron chi connectivity index (χ3n) is 7.94. The van der Waals surface area contributed by atoms with Crippen molar-refractivity contribution in [2.24, 2.45) is 0 Å². The molecule has 0 amide bonds. The maximum atomic E-state index is 10.0. The summed E-state index contributed by atoms with van der Waals surface area (Å²) in [6.07, 6.45) is 0. The molecule has 0 aliphatic rings. The second-order valence-corrected chi connectivity index (χ2v) is 10.3. The van der Waals surface area contributed by atoms with Crippen molar-refractivity contribution in [3.8, 4) is 45.5 Å². The van der Waals surface area contributed by atoms with Gasteiger partial charge in [-0.15, -0.1) is 0 Å². The molecule has 0 radical (unpaired) electrons. The average Bonchev–Trinajstić information content (AvgIpc) is 3.62. The van der Waals surface area contributed by atoms with Gasteiger partial charge in [0.15, 0.2) is 0 Å². The van der Waals surface area contributed by atoms with Crippen LogP contribution in [0.25, 0.3) is 77.3 Å². The zero-order chi connectivity index (χ0) is 28.2. The first-order valence-corrected chi connectivity index (χ1v) is 13.6. The van der Waals surface area contributed by atoms with Gasteiger partial charge in [0.1, 0.15) is 22.3 Å². The van der Waals surface area contributed by atoms with Crippen LogP contribution in [0, 0.1) is 22.7 Å². The second kappa shape index (κ2) is 9.24. The maximum Gasteiger partial charge on any atom is 0.136 e. The van der Waals surface area contributed by atoms with Gasteiger partial charge in [0.25, 0.3) is 0 Å². The minimum Gasteiger partial charge on any atom is -0.456 e. The molecule has 0 fully saturated rings. The summed E-state index contributed by atoms with van der Waals surface area (Å²) in [6, 6.07) is 44.5. The van der Waals surface area contributed by atoms with Gasteiger partial charge in [-0.05, 0) is 88.5 Å². The largest absolute Gasteiger partial charge is 0.456 e. The molecule has 0 unspecified atom stereocenters. The predicted octanol–water partition coefficient (Wildman–Crippen LogP) is 10.2. The van der Waals surface area contributed by atoms with Crippen LogP contribution in [0.15, 0.2) is 130 Å². The molecule has 4 nitrogen and oxygen atoms in total. The molecule has 194 valence electrons. The van der Waals surface area contributed by atoms with Crippen LogP contribution in [-0.4, -0.2) is 0 Å². The summed E-state index contributed by atoms with van der Waals surface area (Å²) in [5, 5.41) is 23.9. The smallest absolute Gasteiger partial charge is 0.136 e. The Balaban J connectivity index is 1.48. The number of furan rings is 2. The highest BCUT2D eigenvalue weighted by molar-refractivity contribution is 6.14. The molecule has 2 heterocycles. The molecule has 0 bridgehead atoms. The Labute approximate surface area is 240 Å². The number of para-hydroxylation sites is 2. The standard InChI is InChI=1S/C38H20N2O2/c39-21-23-15-16-24(22-40)32(17-23)27-19-25(28-9-5-13-35-37(28)30-7-1-3-11-33(30)41-35)18-26(20-27)29-10-6-14-36-38(29)31-8-2-4-12-34(31)42-36/h1-20H. The van der Waals surface area contributed by atoms with Crippen LogP contribution in [0.5, 0.6) is 0 Å². The highest BCUT2D eigenvalue weighted by Crippen LogP contribution is 2.43. The second-order valence-electron chi connectivity index (χ2n) is 10.3. The average molecular weight is 537 g/mol. The summed E-state index contributed by atoms with van der Waals surface area (Å²) in [4.78, 5) is 0. The van der Waals surface area contributed by atoms with Crippen LogP contribution in [-0.2, 0) is 0 Å². The summed E-state index contributed by atoms with van der Waals surface area (Å²) in [7, 11) is 0. The van der Waals surface area contributed by atoms with Crippen molar-refractivity contribution in [2.75, 3.05) is 0 Å². The van der Waals surface area contributed by atoms with Gasteiger partial charge in [-0.1, -0.05) is 60.7 Å². The fraction of sp³-hybridized carbons (Fsp3) is 0. The molecular weight excluding hydrogens is 516 g/mol. The molecule has 42 heavy (non-hydrogen) atoms. The van der Waals surface area contributed by atoms with Gasteiger partial charge in [-0.25, -0.2) is 0 Å². The van der Waals surface area contributed by atoms with Gasteiger partial charge in [0.05, 0.1) is 23.3 Å². The number of nitrogens with zero attached hydrogens (tertiary/aromatic N) is 2. The molecule has 0 aliphatic heterocycles. The first-order valence-electron chi connectivity index (χ1n) is 13.6. The normalized spacial score (nSPS) is 11.3. The molecule has 4 heteroatoms. The quantitative estimate of drug-likeness (QED) is 0.225. The Morgan fingerprint density at radius 3 is 1.45 bits per heavy atom. The Bertz CT molecular complexity index is 2310. The highest BCUT2D eigenvalue weighted by atomic mass is 16.3. The zero-order valence-corrected chi connectivity index (χ0v) is 22.3. The molecule has 0 saturated heterocycles. The minimum atomic E-state index is 0.502. The molecule has 0 saturated carbocycles. The number of hydrogen-bond donors (Lipinski definition) is 0. The Kier molecular flexibility index (Phi) is 5.22. The van der Waals surface area contributed by atoms with Crippen LogP contribution < -0.4 is 0 Å². The van der Waals surface area contributed by atoms with Gasteiger partial charge < -0.3 is 8.83 Å². The molecule has 8 aromatic rings. The van der Waals surface area contributed by atoms with E-state index in [1.165, 1.54) is 0 Å². The molecule has 2 aromatic heterocycles. The molecule has 0 spiro atoms. The molecule has 8 rings (SSSR count). The predicted molar refractivity (Wildman–Crippen MR) is 167 cm³/mol. The fourth-order valence-corrected chi connectivity index (χ4v) is 6.07. The van der Waals surface area contributed by atoms with E-state index >= 15 is 0 Å². The number of rotatable bonds is 3. The maximum absolute atomic E-state index is 10.0. The van der Waals surface area contributed by atoms with E-state index < -0.39 is 0 Å². The third kappa shape index (κ3) is 3.60. The van der Waals surface area contributed by atoms with Crippen LogP contribution in [0.1, 0.15) is 11.1 Å². The first-order chi connectivity index (χ1) is 20.7. The summed E-state index contributed by atoms with van der Waals surface area (Å²) in [5.74, 6) is 0. The number of benzene rings is 6. The third-order valence-corrected chi connectivity index (χ3v) is 7.94. The number of hydrogen-bond acceptors (Lipinski definition) is 4. The molecule has 0 atom stereocenters. The van der Waals surface area contributed by atoms with Gasteiger partial charge in [-0.3, -0.25) is 0 Å². The molecule has 6 aromatic carbocycles. The minimum absolute atomic E-state index is 0.502. The Morgan fingerprint density at radius 1 is 0.429 bits per heavy atom. The lowest BCUT2D eigenvalue weighted by atomic mass is 9.89. The lowest BCUT2D eigenvalue weighted by Crippen LogP contribution is -1.91. The Hall–Kier alpha value is -6.10. The summed E-state index contributed by atoms with van der Waals surface area (Å²) in [5.41, 5.74) is 9.89. The van der Waals surface area contributed by atoms with Crippen LogP contribution in [0.4, 0.5) is 0 Å². The van der Waals surface area contributed by atoms with E-state index in [1.807, 2.05) is 60.7 Å². The van der Waals surface area contributed by atoms with E-state index in [-0.39, 0.29) is 0 Å². The molecule has 0 aliphatic carbocycles. The monoisotopic (exact) mass is 536 g/mol. The van der Waals surface area contributed by atoms with Crippen molar-refractivity contribution < 1.29 is 8.83 Å². The summed E-state index contributed by atoms with van der Waals surface area (Å²) >= 11 is 0. The van der Waals surface area contributed by atoms with Crippen LogP contribution in [0.2, 0.25) is 0 Å². The highest BCUT2D eigenvalue weighted by Gasteiger charge is 2.18.